The molecule has 2 unspecified atom stereocenters. The number of likely N-dealkylation sites (tertiary alicyclic amines) is 1. The molecule has 2 atom stereocenters. The number of amides is 1. The lowest BCUT2D eigenvalue weighted by atomic mass is 10.0. The second-order valence-corrected chi connectivity index (χ2v) is 7.77. The first-order valence-electron chi connectivity index (χ1n) is 9.31. The van der Waals surface area contributed by atoms with Gasteiger partial charge in [0.15, 0.2) is 0 Å². The third kappa shape index (κ3) is 2.36. The summed E-state index contributed by atoms with van der Waals surface area (Å²) in [6, 6.07) is 8.30. The minimum absolute atomic E-state index is 0.203. The number of aromatic nitrogens is 2. The SMILES string of the molecule is Cn1c(N2CC3CN(C(=O)C4CC=CC4)CC3C2)nc2ccccc21. The van der Waals surface area contributed by atoms with Gasteiger partial charge in [0, 0.05) is 51.0 Å². The summed E-state index contributed by atoms with van der Waals surface area (Å²) in [5, 5.41) is 0. The summed E-state index contributed by atoms with van der Waals surface area (Å²) < 4.78 is 2.20. The van der Waals surface area contributed by atoms with Crippen LogP contribution in [-0.4, -0.2) is 46.5 Å². The molecule has 0 N–H and O–H groups in total. The predicted octanol–water partition coefficient (Wildman–Crippen LogP) is 2.43. The Morgan fingerprint density at radius 2 is 1.72 bits per heavy atom. The molecule has 1 aromatic carbocycles. The Balaban J connectivity index is 1.30. The van der Waals surface area contributed by atoms with Gasteiger partial charge in [-0.1, -0.05) is 24.3 Å². The summed E-state index contributed by atoms with van der Waals surface area (Å²) in [7, 11) is 2.10. The first kappa shape index (κ1) is 15.0. The molecule has 2 fully saturated rings. The topological polar surface area (TPSA) is 41.4 Å². The molecule has 2 saturated heterocycles. The highest BCUT2D eigenvalue weighted by Gasteiger charge is 2.43. The smallest absolute Gasteiger partial charge is 0.226 e. The number of carbonyl (C=O) groups excluding carboxylic acids is 1. The number of benzene rings is 1. The summed E-state index contributed by atoms with van der Waals surface area (Å²) in [5.74, 6) is 2.80. The Labute approximate surface area is 147 Å². The van der Waals surface area contributed by atoms with Crippen LogP contribution in [0.5, 0.6) is 0 Å². The van der Waals surface area contributed by atoms with Gasteiger partial charge in [-0.15, -0.1) is 0 Å². The van der Waals surface area contributed by atoms with Crippen LogP contribution in [0.3, 0.4) is 0 Å². The van der Waals surface area contributed by atoms with E-state index in [1.807, 2.05) is 6.07 Å². The summed E-state index contributed by atoms with van der Waals surface area (Å²) in [5.41, 5.74) is 2.24. The first-order valence-corrected chi connectivity index (χ1v) is 9.31. The first-order chi connectivity index (χ1) is 12.2. The fraction of sp³-hybridized carbons (Fsp3) is 0.500. The summed E-state index contributed by atoms with van der Waals surface area (Å²) in [6.45, 7) is 3.85. The van der Waals surface area contributed by atoms with E-state index in [0.717, 1.165) is 50.5 Å². The zero-order chi connectivity index (χ0) is 17.0. The average Bonchev–Trinajstić information content (AvgIpc) is 3.37. The molecule has 1 amide bonds. The van der Waals surface area contributed by atoms with Gasteiger partial charge in [-0.2, -0.15) is 0 Å². The van der Waals surface area contributed by atoms with Gasteiger partial charge in [-0.25, -0.2) is 4.98 Å². The van der Waals surface area contributed by atoms with Gasteiger partial charge in [0.05, 0.1) is 11.0 Å². The maximum atomic E-state index is 12.7. The van der Waals surface area contributed by atoms with E-state index in [-0.39, 0.29) is 5.92 Å². The fourth-order valence-corrected chi connectivity index (χ4v) is 4.83. The van der Waals surface area contributed by atoms with Crippen molar-refractivity contribution >= 4 is 22.9 Å². The van der Waals surface area contributed by atoms with E-state index < -0.39 is 0 Å². The zero-order valence-corrected chi connectivity index (χ0v) is 14.6. The van der Waals surface area contributed by atoms with Crippen molar-refractivity contribution in [1.82, 2.24) is 14.5 Å². The van der Waals surface area contributed by atoms with Gasteiger partial charge in [0.1, 0.15) is 0 Å². The molecule has 5 rings (SSSR count). The van der Waals surface area contributed by atoms with E-state index in [1.54, 1.807) is 0 Å². The number of carbonyl (C=O) groups is 1. The van der Waals surface area contributed by atoms with Crippen molar-refractivity contribution in [2.45, 2.75) is 12.8 Å². The molecule has 2 aliphatic heterocycles. The van der Waals surface area contributed by atoms with Crippen molar-refractivity contribution in [3.05, 3.63) is 36.4 Å². The van der Waals surface area contributed by atoms with Gasteiger partial charge < -0.3 is 14.4 Å². The lowest BCUT2D eigenvalue weighted by molar-refractivity contribution is -0.134. The van der Waals surface area contributed by atoms with Gasteiger partial charge in [-0.05, 0) is 25.0 Å². The van der Waals surface area contributed by atoms with Gasteiger partial charge in [0.25, 0.3) is 0 Å². The van der Waals surface area contributed by atoms with Gasteiger partial charge in [-0.3, -0.25) is 4.79 Å². The largest absolute Gasteiger partial charge is 0.342 e. The minimum Gasteiger partial charge on any atom is -0.342 e. The second kappa shape index (κ2) is 5.61. The molecule has 3 heterocycles. The average molecular weight is 336 g/mol. The van der Waals surface area contributed by atoms with Crippen molar-refractivity contribution in [3.8, 4) is 0 Å². The van der Waals surface area contributed by atoms with Crippen LogP contribution < -0.4 is 4.90 Å². The number of aryl methyl sites for hydroxylation is 1. The van der Waals surface area contributed by atoms with Gasteiger partial charge >= 0.3 is 0 Å². The number of fused-ring (bicyclic) bond motifs is 2. The Hall–Kier alpha value is -2.30. The monoisotopic (exact) mass is 336 g/mol. The third-order valence-electron chi connectivity index (χ3n) is 6.20. The molecular formula is C20H24N4O. The number of imidazole rings is 1. The maximum Gasteiger partial charge on any atom is 0.226 e. The number of hydrogen-bond acceptors (Lipinski definition) is 3. The number of anilines is 1. The summed E-state index contributed by atoms with van der Waals surface area (Å²) >= 11 is 0. The fourth-order valence-electron chi connectivity index (χ4n) is 4.83. The van der Waals surface area contributed by atoms with Crippen LogP contribution >= 0.6 is 0 Å². The Kier molecular flexibility index (Phi) is 3.37. The molecule has 0 spiro atoms. The Morgan fingerprint density at radius 3 is 2.40 bits per heavy atom. The highest BCUT2D eigenvalue weighted by molar-refractivity contribution is 5.80. The Bertz CT molecular complexity index is 832. The number of allylic oxidation sites excluding steroid dienone is 2. The molecule has 130 valence electrons. The number of nitrogens with zero attached hydrogens (tertiary/aromatic N) is 4. The van der Waals surface area contributed by atoms with Crippen LogP contribution in [0, 0.1) is 17.8 Å². The molecule has 0 saturated carbocycles. The highest BCUT2D eigenvalue weighted by Crippen LogP contribution is 2.35. The van der Waals surface area contributed by atoms with Crippen molar-refractivity contribution in [1.29, 1.82) is 0 Å². The minimum atomic E-state index is 0.203. The molecule has 25 heavy (non-hydrogen) atoms. The quantitative estimate of drug-likeness (QED) is 0.791. The van der Waals surface area contributed by atoms with Crippen LogP contribution in [0.25, 0.3) is 11.0 Å². The highest BCUT2D eigenvalue weighted by atomic mass is 16.2. The lowest BCUT2D eigenvalue weighted by Crippen LogP contribution is -2.37. The molecule has 0 bridgehead atoms. The standard InChI is InChI=1S/C20H24N4O/c1-22-18-9-5-4-8-17(18)21-20(22)24-12-15-10-23(11-16(15)13-24)19(25)14-6-2-3-7-14/h2-5,8-9,14-16H,6-7,10-13H2,1H3. The van der Waals surface area contributed by atoms with Crippen molar-refractivity contribution in [2.75, 3.05) is 31.1 Å². The molecule has 2 aromatic rings. The molecular weight excluding hydrogens is 312 g/mol. The van der Waals surface area contributed by atoms with E-state index in [4.69, 9.17) is 4.98 Å². The molecule has 0 radical (unpaired) electrons. The third-order valence-corrected chi connectivity index (χ3v) is 6.20. The van der Waals surface area contributed by atoms with E-state index in [0.29, 0.717) is 17.7 Å². The molecule has 1 aliphatic carbocycles. The van der Waals surface area contributed by atoms with E-state index in [2.05, 4.69) is 51.8 Å². The van der Waals surface area contributed by atoms with Crippen LogP contribution in [0.15, 0.2) is 36.4 Å². The number of hydrogen-bond donors (Lipinski definition) is 0. The summed E-state index contributed by atoms with van der Waals surface area (Å²) in [4.78, 5) is 22.0. The normalized spacial score (nSPS) is 26.1. The summed E-state index contributed by atoms with van der Waals surface area (Å²) in [6.07, 6.45) is 6.15. The van der Waals surface area contributed by atoms with Gasteiger partial charge in [0.2, 0.25) is 11.9 Å². The van der Waals surface area contributed by atoms with Crippen LogP contribution in [-0.2, 0) is 11.8 Å². The predicted molar refractivity (Wildman–Crippen MR) is 98.4 cm³/mol. The van der Waals surface area contributed by atoms with Crippen molar-refractivity contribution in [2.24, 2.45) is 24.8 Å². The van der Waals surface area contributed by atoms with Crippen molar-refractivity contribution in [3.63, 3.8) is 0 Å². The van der Waals surface area contributed by atoms with Crippen LogP contribution in [0.4, 0.5) is 5.95 Å². The van der Waals surface area contributed by atoms with Crippen LogP contribution in [0.2, 0.25) is 0 Å². The zero-order valence-electron chi connectivity index (χ0n) is 14.6. The molecule has 1 aromatic heterocycles. The number of para-hydroxylation sites is 2. The van der Waals surface area contributed by atoms with E-state index in [1.165, 1.54) is 5.52 Å². The van der Waals surface area contributed by atoms with Crippen LogP contribution in [0.1, 0.15) is 12.8 Å². The second-order valence-electron chi connectivity index (χ2n) is 7.77. The molecule has 5 heteroatoms. The molecule has 3 aliphatic rings. The van der Waals surface area contributed by atoms with E-state index in [9.17, 15) is 4.79 Å². The Morgan fingerprint density at radius 1 is 1.04 bits per heavy atom. The maximum absolute atomic E-state index is 12.7. The van der Waals surface area contributed by atoms with Crippen molar-refractivity contribution < 1.29 is 4.79 Å². The number of rotatable bonds is 2. The molecule has 5 nitrogen and oxygen atoms in total. The lowest BCUT2D eigenvalue weighted by Gasteiger charge is -2.24. The van der Waals surface area contributed by atoms with E-state index >= 15 is 0 Å².